The van der Waals surface area contributed by atoms with Crippen molar-refractivity contribution >= 4 is 34.9 Å². The van der Waals surface area contributed by atoms with Gasteiger partial charge >= 0.3 is 11.9 Å². The van der Waals surface area contributed by atoms with E-state index in [1.807, 2.05) is 0 Å². The van der Waals surface area contributed by atoms with Gasteiger partial charge in [-0.05, 0) is 0 Å². The predicted molar refractivity (Wildman–Crippen MR) is 75.7 cm³/mol. The van der Waals surface area contributed by atoms with Gasteiger partial charge in [0.2, 0.25) is 6.04 Å². The summed E-state index contributed by atoms with van der Waals surface area (Å²) in [6.07, 6.45) is 0. The third-order valence-electron chi connectivity index (χ3n) is 3.21. The van der Waals surface area contributed by atoms with E-state index in [9.17, 15) is 24.5 Å². The van der Waals surface area contributed by atoms with Gasteiger partial charge in [0.1, 0.15) is 6.04 Å². The van der Waals surface area contributed by atoms with Gasteiger partial charge in [-0.15, -0.1) is 0 Å². The van der Waals surface area contributed by atoms with Gasteiger partial charge in [-0.2, -0.15) is 0 Å². The number of fused-ring (bicyclic) bond motifs is 1. The van der Waals surface area contributed by atoms with Crippen LogP contribution < -0.4 is 16.4 Å². The molecule has 11 nitrogen and oxygen atoms in total. The molecule has 0 saturated heterocycles. The molecule has 0 spiro atoms. The highest BCUT2D eigenvalue weighted by Gasteiger charge is 2.36. The Labute approximate surface area is 128 Å². The fraction of sp³-hybridized carbons (Fsp3) is 0.250. The number of esters is 1. The van der Waals surface area contributed by atoms with Crippen LogP contribution >= 0.6 is 0 Å². The van der Waals surface area contributed by atoms with Gasteiger partial charge in [0.25, 0.3) is 11.6 Å². The number of anilines is 2. The molecule has 11 heteroatoms. The maximum Gasteiger partial charge on any atom is 0.336 e. The van der Waals surface area contributed by atoms with Crippen LogP contribution in [0.4, 0.5) is 17.1 Å². The Kier molecular flexibility index (Phi) is 4.14. The minimum absolute atomic E-state index is 0.0144. The molecule has 0 aliphatic carbocycles. The number of nitrogens with two attached hydrogens (primary N) is 1. The van der Waals surface area contributed by atoms with E-state index in [1.165, 1.54) is 0 Å². The maximum absolute atomic E-state index is 11.7. The van der Waals surface area contributed by atoms with E-state index in [0.717, 1.165) is 19.2 Å². The highest BCUT2D eigenvalue weighted by molar-refractivity contribution is 6.14. The number of aliphatic carboxylic acids is 1. The van der Waals surface area contributed by atoms with Crippen molar-refractivity contribution < 1.29 is 29.2 Å². The van der Waals surface area contributed by atoms with Gasteiger partial charge < -0.3 is 26.2 Å². The second kappa shape index (κ2) is 5.88. The number of nitrogens with one attached hydrogen (secondary N) is 2. The first kappa shape index (κ1) is 16.2. The van der Waals surface area contributed by atoms with Crippen molar-refractivity contribution in [1.82, 2.24) is 0 Å². The lowest BCUT2D eigenvalue weighted by molar-refractivity contribution is -0.384. The molecular formula is C12H12N4O7. The van der Waals surface area contributed by atoms with E-state index in [4.69, 9.17) is 10.8 Å². The molecule has 0 fully saturated rings. The Hall–Kier alpha value is -3.21. The minimum Gasteiger partial charge on any atom is -0.479 e. The van der Waals surface area contributed by atoms with Crippen LogP contribution in [0.15, 0.2) is 12.1 Å². The Morgan fingerprint density at radius 3 is 2.65 bits per heavy atom. The second-order valence-electron chi connectivity index (χ2n) is 4.62. The average molecular weight is 324 g/mol. The van der Waals surface area contributed by atoms with Crippen LogP contribution in [-0.4, -0.2) is 41.0 Å². The number of hydrogen-bond donors (Lipinski definition) is 4. The van der Waals surface area contributed by atoms with Gasteiger partial charge in [0, 0.05) is 17.7 Å². The number of nitro benzene ring substituents is 1. The van der Waals surface area contributed by atoms with Crippen LogP contribution in [0.25, 0.3) is 0 Å². The number of rotatable bonds is 4. The summed E-state index contributed by atoms with van der Waals surface area (Å²) in [5.41, 5.74) is 5.19. The largest absolute Gasteiger partial charge is 0.479 e. The Balaban J connectivity index is 2.61. The molecule has 0 saturated carbocycles. The number of carboxylic acid groups (broad SMARTS) is 1. The number of nitrogens with zero attached hydrogens (tertiary/aromatic N) is 1. The highest BCUT2D eigenvalue weighted by atomic mass is 16.6. The monoisotopic (exact) mass is 324 g/mol. The fourth-order valence-electron chi connectivity index (χ4n) is 2.10. The van der Waals surface area contributed by atoms with Crippen molar-refractivity contribution in [3.05, 3.63) is 27.8 Å². The lowest BCUT2D eigenvalue weighted by atomic mass is 10.00. The van der Waals surface area contributed by atoms with Gasteiger partial charge in [0.15, 0.2) is 0 Å². The van der Waals surface area contributed by atoms with Crippen molar-refractivity contribution in [2.45, 2.75) is 12.1 Å². The molecule has 23 heavy (non-hydrogen) atoms. The number of hydrogen-bond acceptors (Lipinski definition) is 8. The molecular weight excluding hydrogens is 312 g/mol. The molecule has 1 amide bonds. The Bertz CT molecular complexity index is 718. The Morgan fingerprint density at radius 2 is 2.13 bits per heavy atom. The van der Waals surface area contributed by atoms with Gasteiger partial charge in [-0.25, -0.2) is 4.79 Å². The molecule has 1 aliphatic heterocycles. The molecule has 2 atom stereocenters. The zero-order valence-corrected chi connectivity index (χ0v) is 11.7. The van der Waals surface area contributed by atoms with Crippen molar-refractivity contribution in [3.8, 4) is 0 Å². The van der Waals surface area contributed by atoms with Crippen LogP contribution in [0.1, 0.15) is 11.6 Å². The lowest BCUT2D eigenvalue weighted by Crippen LogP contribution is -2.45. The zero-order chi connectivity index (χ0) is 17.3. The molecule has 2 unspecified atom stereocenters. The fourth-order valence-corrected chi connectivity index (χ4v) is 2.10. The number of ether oxygens (including phenoxy) is 1. The predicted octanol–water partition coefficient (Wildman–Crippen LogP) is -0.415. The van der Waals surface area contributed by atoms with Crippen LogP contribution in [0.5, 0.6) is 0 Å². The molecule has 0 bridgehead atoms. The van der Waals surface area contributed by atoms with Crippen molar-refractivity contribution in [3.63, 3.8) is 0 Å². The molecule has 5 N–H and O–H groups in total. The number of benzene rings is 1. The number of amides is 1. The third kappa shape index (κ3) is 2.89. The van der Waals surface area contributed by atoms with Crippen molar-refractivity contribution in [2.75, 3.05) is 17.7 Å². The maximum atomic E-state index is 11.7. The summed E-state index contributed by atoms with van der Waals surface area (Å²) in [6, 6.07) is -0.964. The van der Waals surface area contributed by atoms with Crippen molar-refractivity contribution in [2.24, 2.45) is 5.73 Å². The molecule has 0 radical (unpaired) electrons. The smallest absolute Gasteiger partial charge is 0.336 e. The number of carboxylic acids is 1. The first-order valence-corrected chi connectivity index (χ1v) is 6.22. The molecule has 1 aliphatic rings. The summed E-state index contributed by atoms with van der Waals surface area (Å²) in [5.74, 6) is -3.23. The van der Waals surface area contributed by atoms with E-state index >= 15 is 0 Å². The standard InChI is InChI=1S/C12H12N4O7/c1-23-12(20)7(13)5-2-4(16(21)22)3-6-8(5)15-9(11(18)19)10(17)14-6/h2-3,7,9,15H,13H2,1H3,(H,14,17)(H,18,19). The molecule has 1 aromatic rings. The summed E-state index contributed by atoms with van der Waals surface area (Å²) < 4.78 is 4.49. The summed E-state index contributed by atoms with van der Waals surface area (Å²) in [6.45, 7) is 0. The number of non-ortho nitro benzene ring substituents is 1. The van der Waals surface area contributed by atoms with E-state index in [0.29, 0.717) is 0 Å². The molecule has 1 aromatic carbocycles. The van der Waals surface area contributed by atoms with E-state index in [2.05, 4.69) is 15.4 Å². The van der Waals surface area contributed by atoms with Crippen LogP contribution in [0.3, 0.4) is 0 Å². The average Bonchev–Trinajstić information content (AvgIpc) is 2.51. The second-order valence-corrected chi connectivity index (χ2v) is 4.62. The quantitative estimate of drug-likeness (QED) is 0.248. The summed E-state index contributed by atoms with van der Waals surface area (Å²) in [5, 5.41) is 24.6. The van der Waals surface area contributed by atoms with Gasteiger partial charge in [-0.3, -0.25) is 19.7 Å². The first-order chi connectivity index (χ1) is 10.8. The molecule has 122 valence electrons. The van der Waals surface area contributed by atoms with E-state index < -0.39 is 40.5 Å². The summed E-state index contributed by atoms with van der Waals surface area (Å²) >= 11 is 0. The SMILES string of the molecule is COC(=O)C(N)c1cc([N+](=O)[O-])cc2c1NC(C(=O)O)C(=O)N2. The van der Waals surface area contributed by atoms with E-state index in [-0.39, 0.29) is 16.9 Å². The van der Waals surface area contributed by atoms with Crippen LogP contribution in [-0.2, 0) is 19.1 Å². The van der Waals surface area contributed by atoms with Crippen LogP contribution in [0.2, 0.25) is 0 Å². The topological polar surface area (TPSA) is 174 Å². The Morgan fingerprint density at radius 1 is 1.48 bits per heavy atom. The third-order valence-corrected chi connectivity index (χ3v) is 3.21. The van der Waals surface area contributed by atoms with E-state index in [1.54, 1.807) is 0 Å². The number of carbonyl (C=O) groups is 3. The minimum atomic E-state index is -1.62. The van der Waals surface area contributed by atoms with Gasteiger partial charge in [-0.1, -0.05) is 0 Å². The number of nitro groups is 1. The highest BCUT2D eigenvalue weighted by Crippen LogP contribution is 2.37. The molecule has 0 aromatic heterocycles. The zero-order valence-electron chi connectivity index (χ0n) is 11.7. The normalized spacial score (nSPS) is 17.3. The molecule has 2 rings (SSSR count). The number of methoxy groups -OCH3 is 1. The van der Waals surface area contributed by atoms with Crippen molar-refractivity contribution in [1.29, 1.82) is 0 Å². The molecule has 1 heterocycles. The summed E-state index contributed by atoms with van der Waals surface area (Å²) in [7, 11) is 1.08. The first-order valence-electron chi connectivity index (χ1n) is 6.22. The number of carbonyl (C=O) groups excluding carboxylic acids is 2. The summed E-state index contributed by atoms with van der Waals surface area (Å²) in [4.78, 5) is 44.6. The van der Waals surface area contributed by atoms with Gasteiger partial charge in [0.05, 0.1) is 23.4 Å². The lowest BCUT2D eigenvalue weighted by Gasteiger charge is -2.27. The van der Waals surface area contributed by atoms with Crippen LogP contribution in [0, 0.1) is 10.1 Å².